The maximum atomic E-state index is 12.7. The molecular formula is C21H21N3O5. The molecule has 2 aromatic carbocycles. The molecule has 0 unspecified atom stereocenters. The van der Waals surface area contributed by atoms with E-state index in [9.17, 15) is 19.7 Å². The molecule has 1 saturated heterocycles. The van der Waals surface area contributed by atoms with Gasteiger partial charge in [0.15, 0.2) is 0 Å². The minimum absolute atomic E-state index is 0.00246. The monoisotopic (exact) mass is 395 g/mol. The lowest BCUT2D eigenvalue weighted by Gasteiger charge is -2.14. The molecule has 2 amide bonds. The number of nitro benzene ring substituents is 1. The number of nitrogens with zero attached hydrogens (tertiary/aromatic N) is 1. The van der Waals surface area contributed by atoms with Crippen LogP contribution in [0.2, 0.25) is 0 Å². The average molecular weight is 395 g/mol. The Morgan fingerprint density at radius 3 is 2.66 bits per heavy atom. The first-order chi connectivity index (χ1) is 14.0. The van der Waals surface area contributed by atoms with Crippen molar-refractivity contribution in [3.8, 4) is 0 Å². The molecule has 2 aromatic rings. The first-order valence-electron chi connectivity index (χ1n) is 9.25. The zero-order valence-corrected chi connectivity index (χ0v) is 15.7. The molecular weight excluding hydrogens is 374 g/mol. The van der Waals surface area contributed by atoms with E-state index in [0.717, 1.165) is 12.8 Å². The summed E-state index contributed by atoms with van der Waals surface area (Å²) in [6.45, 7) is 0.994. The molecule has 1 fully saturated rings. The van der Waals surface area contributed by atoms with Gasteiger partial charge in [-0.2, -0.15) is 0 Å². The highest BCUT2D eigenvalue weighted by molar-refractivity contribution is 6.05. The van der Waals surface area contributed by atoms with Crippen molar-refractivity contribution < 1.29 is 19.2 Å². The van der Waals surface area contributed by atoms with Gasteiger partial charge in [0.05, 0.1) is 11.0 Å². The number of nitrogens with one attached hydrogen (secondary N) is 2. The summed E-state index contributed by atoms with van der Waals surface area (Å²) in [6, 6.07) is 14.3. The van der Waals surface area contributed by atoms with Gasteiger partial charge in [-0.15, -0.1) is 0 Å². The van der Waals surface area contributed by atoms with Crippen LogP contribution < -0.4 is 10.6 Å². The lowest BCUT2D eigenvalue weighted by atomic mass is 10.1. The quantitative estimate of drug-likeness (QED) is 0.425. The van der Waals surface area contributed by atoms with E-state index in [1.165, 1.54) is 24.3 Å². The Morgan fingerprint density at radius 1 is 1.17 bits per heavy atom. The molecule has 3 rings (SSSR count). The maximum absolute atomic E-state index is 12.7. The smallest absolute Gasteiger partial charge is 0.270 e. The average Bonchev–Trinajstić information content (AvgIpc) is 3.26. The summed E-state index contributed by atoms with van der Waals surface area (Å²) >= 11 is 0. The molecule has 0 radical (unpaired) electrons. The molecule has 0 aliphatic carbocycles. The number of hydrogen-bond acceptors (Lipinski definition) is 5. The molecule has 150 valence electrons. The fourth-order valence-corrected chi connectivity index (χ4v) is 2.94. The van der Waals surface area contributed by atoms with Crippen LogP contribution in [0.3, 0.4) is 0 Å². The van der Waals surface area contributed by atoms with Crippen LogP contribution in [0.4, 0.5) is 5.69 Å². The minimum Gasteiger partial charge on any atom is -0.376 e. The molecule has 29 heavy (non-hydrogen) atoms. The third kappa shape index (κ3) is 5.73. The Balaban J connectivity index is 1.81. The highest BCUT2D eigenvalue weighted by atomic mass is 16.6. The number of benzene rings is 2. The summed E-state index contributed by atoms with van der Waals surface area (Å²) < 4.78 is 5.50. The van der Waals surface area contributed by atoms with E-state index in [1.807, 2.05) is 0 Å². The van der Waals surface area contributed by atoms with Gasteiger partial charge in [-0.3, -0.25) is 19.7 Å². The second-order valence-electron chi connectivity index (χ2n) is 6.58. The number of carbonyl (C=O) groups is 2. The Hall–Kier alpha value is -3.52. The summed E-state index contributed by atoms with van der Waals surface area (Å²) in [4.78, 5) is 35.7. The largest absolute Gasteiger partial charge is 0.376 e. The zero-order valence-electron chi connectivity index (χ0n) is 15.7. The van der Waals surface area contributed by atoms with Gasteiger partial charge >= 0.3 is 0 Å². The van der Waals surface area contributed by atoms with Crippen molar-refractivity contribution in [2.45, 2.75) is 18.9 Å². The Kier molecular flexibility index (Phi) is 6.70. The number of rotatable bonds is 7. The van der Waals surface area contributed by atoms with Gasteiger partial charge in [0, 0.05) is 30.8 Å². The van der Waals surface area contributed by atoms with Gasteiger partial charge in [-0.1, -0.05) is 30.3 Å². The molecule has 1 atom stereocenters. The lowest BCUT2D eigenvalue weighted by molar-refractivity contribution is -0.384. The minimum atomic E-state index is -0.517. The van der Waals surface area contributed by atoms with E-state index in [0.29, 0.717) is 24.3 Å². The lowest BCUT2D eigenvalue weighted by Crippen LogP contribution is -2.38. The van der Waals surface area contributed by atoms with Crippen LogP contribution in [-0.4, -0.2) is 36.0 Å². The third-order valence-corrected chi connectivity index (χ3v) is 4.44. The second kappa shape index (κ2) is 9.61. The Labute approximate surface area is 167 Å². The van der Waals surface area contributed by atoms with Crippen molar-refractivity contribution >= 4 is 23.6 Å². The van der Waals surface area contributed by atoms with Gasteiger partial charge in [0.25, 0.3) is 17.5 Å². The number of ether oxygens (including phenoxy) is 1. The summed E-state index contributed by atoms with van der Waals surface area (Å²) in [5.41, 5.74) is 0.712. The molecule has 0 bridgehead atoms. The SMILES string of the molecule is O=C(NC[C@H]1CCCO1)/C(=C/c1cccc([N+](=O)[O-])c1)NC(=O)c1ccccc1. The molecule has 1 aliphatic heterocycles. The third-order valence-electron chi connectivity index (χ3n) is 4.44. The highest BCUT2D eigenvalue weighted by Crippen LogP contribution is 2.16. The standard InChI is InChI=1S/C21H21N3O5/c25-20(16-7-2-1-3-8-16)23-19(21(26)22-14-18-10-5-11-29-18)13-15-6-4-9-17(12-15)24(27)28/h1-4,6-9,12-13,18H,5,10-11,14H2,(H,22,26)(H,23,25)/b19-13-/t18-/m1/s1. The molecule has 8 nitrogen and oxygen atoms in total. The van der Waals surface area contributed by atoms with E-state index >= 15 is 0 Å². The van der Waals surface area contributed by atoms with Gasteiger partial charge in [-0.05, 0) is 36.6 Å². The fourth-order valence-electron chi connectivity index (χ4n) is 2.94. The summed E-state index contributed by atoms with van der Waals surface area (Å²) in [7, 11) is 0. The molecule has 1 aliphatic rings. The van der Waals surface area contributed by atoms with Crippen molar-refractivity contribution in [2.75, 3.05) is 13.2 Å². The molecule has 0 aromatic heterocycles. The predicted octanol–water partition coefficient (Wildman–Crippen LogP) is 2.66. The van der Waals surface area contributed by atoms with E-state index in [1.54, 1.807) is 36.4 Å². The normalized spacial score (nSPS) is 16.3. The van der Waals surface area contributed by atoms with E-state index in [4.69, 9.17) is 4.74 Å². The Morgan fingerprint density at radius 2 is 1.97 bits per heavy atom. The van der Waals surface area contributed by atoms with Crippen molar-refractivity contribution in [2.24, 2.45) is 0 Å². The van der Waals surface area contributed by atoms with Gasteiger partial charge in [0.2, 0.25) is 0 Å². The van der Waals surface area contributed by atoms with Crippen LogP contribution in [0.15, 0.2) is 60.3 Å². The van der Waals surface area contributed by atoms with E-state index in [2.05, 4.69) is 10.6 Å². The van der Waals surface area contributed by atoms with Gasteiger partial charge < -0.3 is 15.4 Å². The zero-order chi connectivity index (χ0) is 20.6. The number of non-ortho nitro benzene ring substituents is 1. The molecule has 8 heteroatoms. The van der Waals surface area contributed by atoms with Crippen molar-refractivity contribution in [1.29, 1.82) is 0 Å². The van der Waals surface area contributed by atoms with Gasteiger partial charge in [0.1, 0.15) is 5.70 Å². The first kappa shape index (κ1) is 20.2. The van der Waals surface area contributed by atoms with E-state index < -0.39 is 16.7 Å². The predicted molar refractivity (Wildman–Crippen MR) is 107 cm³/mol. The van der Waals surface area contributed by atoms with Crippen molar-refractivity contribution in [3.63, 3.8) is 0 Å². The number of carbonyl (C=O) groups excluding carboxylic acids is 2. The van der Waals surface area contributed by atoms with Crippen LogP contribution in [-0.2, 0) is 9.53 Å². The summed E-state index contributed by atoms with van der Waals surface area (Å²) in [5, 5.41) is 16.4. The molecule has 2 N–H and O–H groups in total. The molecule has 0 spiro atoms. The van der Waals surface area contributed by atoms with Crippen LogP contribution in [0.25, 0.3) is 6.08 Å². The van der Waals surface area contributed by atoms with Crippen LogP contribution in [0.1, 0.15) is 28.8 Å². The summed E-state index contributed by atoms with van der Waals surface area (Å²) in [5.74, 6) is -0.939. The van der Waals surface area contributed by atoms with Gasteiger partial charge in [-0.25, -0.2) is 0 Å². The number of nitro groups is 1. The molecule has 1 heterocycles. The summed E-state index contributed by atoms with van der Waals surface area (Å²) in [6.07, 6.45) is 3.17. The van der Waals surface area contributed by atoms with Crippen LogP contribution in [0.5, 0.6) is 0 Å². The van der Waals surface area contributed by atoms with Crippen molar-refractivity contribution in [3.05, 3.63) is 81.5 Å². The topological polar surface area (TPSA) is 111 Å². The molecule has 0 saturated carbocycles. The van der Waals surface area contributed by atoms with Crippen LogP contribution in [0, 0.1) is 10.1 Å². The fraction of sp³-hybridized carbons (Fsp3) is 0.238. The number of hydrogen-bond donors (Lipinski definition) is 2. The first-order valence-corrected chi connectivity index (χ1v) is 9.25. The maximum Gasteiger partial charge on any atom is 0.270 e. The van der Waals surface area contributed by atoms with Crippen molar-refractivity contribution in [1.82, 2.24) is 10.6 Å². The number of amides is 2. The second-order valence-corrected chi connectivity index (χ2v) is 6.58. The highest BCUT2D eigenvalue weighted by Gasteiger charge is 2.19. The van der Waals surface area contributed by atoms with Crippen LogP contribution >= 0.6 is 0 Å². The van der Waals surface area contributed by atoms with E-state index in [-0.39, 0.29) is 17.5 Å². The Bertz CT molecular complexity index is 921.